The minimum atomic E-state index is -1.18. The Morgan fingerprint density at radius 3 is 2.76 bits per heavy atom. The molecule has 0 unspecified atom stereocenters. The first-order valence-electron chi connectivity index (χ1n) is 7.32. The molecule has 1 aliphatic carbocycles. The Labute approximate surface area is 129 Å². The Morgan fingerprint density at radius 1 is 1.43 bits per heavy atom. The summed E-state index contributed by atoms with van der Waals surface area (Å²) >= 11 is 6.31. The molecule has 1 aromatic carbocycles. The van der Waals surface area contributed by atoms with Crippen molar-refractivity contribution < 1.29 is 4.39 Å². The van der Waals surface area contributed by atoms with Crippen molar-refractivity contribution in [2.24, 2.45) is 0 Å². The van der Waals surface area contributed by atoms with Gasteiger partial charge in [0.15, 0.2) is 0 Å². The zero-order chi connectivity index (χ0) is 15.2. The van der Waals surface area contributed by atoms with Crippen molar-refractivity contribution in [3.05, 3.63) is 46.8 Å². The summed E-state index contributed by atoms with van der Waals surface area (Å²) in [7, 11) is 0. The van der Waals surface area contributed by atoms with Crippen molar-refractivity contribution in [3.8, 4) is 0 Å². The van der Waals surface area contributed by atoms with Crippen molar-refractivity contribution in [2.45, 2.75) is 44.8 Å². The molecule has 0 radical (unpaired) electrons. The third-order valence-electron chi connectivity index (χ3n) is 4.14. The smallest absolute Gasteiger partial charge is 0.149 e. The summed E-state index contributed by atoms with van der Waals surface area (Å²) in [5.74, 6) is 0.382. The second kappa shape index (κ2) is 5.06. The molecule has 0 saturated heterocycles. The van der Waals surface area contributed by atoms with Crippen LogP contribution >= 0.6 is 11.6 Å². The quantitative estimate of drug-likeness (QED) is 0.795. The highest BCUT2D eigenvalue weighted by Gasteiger charge is 2.46. The fraction of sp³-hybridized carbons (Fsp3) is 0.412. The number of aromatic amines is 1. The number of hydrogen-bond acceptors (Lipinski definition) is 1. The van der Waals surface area contributed by atoms with Gasteiger partial charge in [-0.15, -0.1) is 0 Å². The number of benzene rings is 1. The van der Waals surface area contributed by atoms with E-state index in [2.05, 4.69) is 36.8 Å². The molecule has 2 aromatic rings. The highest BCUT2D eigenvalue weighted by Crippen LogP contribution is 2.44. The zero-order valence-electron chi connectivity index (χ0n) is 12.4. The molecule has 21 heavy (non-hydrogen) atoms. The van der Waals surface area contributed by atoms with Crippen molar-refractivity contribution in [1.82, 2.24) is 10.3 Å². The lowest BCUT2D eigenvalue weighted by Gasteiger charge is -2.11. The summed E-state index contributed by atoms with van der Waals surface area (Å²) in [6, 6.07) is 6.13. The van der Waals surface area contributed by atoms with Gasteiger partial charge in [0.1, 0.15) is 5.67 Å². The first-order chi connectivity index (χ1) is 9.89. The molecule has 2 N–H and O–H groups in total. The second-order valence-electron chi connectivity index (χ2n) is 6.21. The van der Waals surface area contributed by atoms with E-state index in [0.717, 1.165) is 27.2 Å². The number of H-pyrrole nitrogens is 1. The molecule has 1 aromatic heterocycles. The average Bonchev–Trinajstić information content (AvgIpc) is 3.05. The van der Waals surface area contributed by atoms with Crippen LogP contribution in [0.2, 0.25) is 5.02 Å². The summed E-state index contributed by atoms with van der Waals surface area (Å²) in [5, 5.41) is 4.95. The van der Waals surface area contributed by atoms with Gasteiger partial charge in [-0.1, -0.05) is 32.0 Å². The number of aromatic nitrogens is 1. The maximum atomic E-state index is 13.8. The van der Waals surface area contributed by atoms with E-state index in [9.17, 15) is 4.39 Å². The summed E-state index contributed by atoms with van der Waals surface area (Å²) in [6.07, 6.45) is 1.16. The van der Waals surface area contributed by atoms with Gasteiger partial charge < -0.3 is 10.3 Å². The van der Waals surface area contributed by atoms with Crippen LogP contribution in [0.3, 0.4) is 0 Å². The molecule has 2 nitrogen and oxygen atoms in total. The molecule has 1 aliphatic rings. The summed E-state index contributed by atoms with van der Waals surface area (Å²) < 4.78 is 13.8. The molecular weight excluding hydrogens is 287 g/mol. The van der Waals surface area contributed by atoms with Crippen LogP contribution in [0.25, 0.3) is 10.9 Å². The zero-order valence-corrected chi connectivity index (χ0v) is 13.1. The lowest BCUT2D eigenvalue weighted by molar-refractivity contribution is 0.343. The molecule has 0 atom stereocenters. The predicted molar refractivity (Wildman–Crippen MR) is 86.5 cm³/mol. The molecule has 1 fully saturated rings. The fourth-order valence-electron chi connectivity index (χ4n) is 2.54. The molecule has 0 aliphatic heterocycles. The Morgan fingerprint density at radius 2 is 2.14 bits per heavy atom. The van der Waals surface area contributed by atoms with Gasteiger partial charge in [-0.25, -0.2) is 4.39 Å². The minimum absolute atomic E-state index is 0.382. The first kappa shape index (κ1) is 14.5. The third kappa shape index (κ3) is 2.80. The average molecular weight is 307 g/mol. The monoisotopic (exact) mass is 306 g/mol. The topological polar surface area (TPSA) is 27.8 Å². The van der Waals surface area contributed by atoms with E-state index < -0.39 is 5.67 Å². The Kier molecular flexibility index (Phi) is 3.48. The number of nitrogens with one attached hydrogen (secondary N) is 2. The lowest BCUT2D eigenvalue weighted by atomic mass is 10.0. The number of allylic oxidation sites excluding steroid dienone is 1. The minimum Gasteiger partial charge on any atom is -0.381 e. The van der Waals surface area contributed by atoms with Gasteiger partial charge in [-0.05, 0) is 42.5 Å². The van der Waals surface area contributed by atoms with Crippen LogP contribution in [0.1, 0.15) is 43.9 Å². The van der Waals surface area contributed by atoms with Crippen molar-refractivity contribution in [2.75, 3.05) is 0 Å². The van der Waals surface area contributed by atoms with E-state index >= 15 is 0 Å². The Bertz CT molecular complexity index is 698. The maximum Gasteiger partial charge on any atom is 0.149 e. The Hall–Kier alpha value is -1.48. The van der Waals surface area contributed by atoms with Gasteiger partial charge in [-0.3, -0.25) is 0 Å². The highest BCUT2D eigenvalue weighted by molar-refractivity contribution is 6.32. The van der Waals surface area contributed by atoms with Crippen LogP contribution in [0.5, 0.6) is 0 Å². The largest absolute Gasteiger partial charge is 0.381 e. The molecule has 0 spiro atoms. The van der Waals surface area contributed by atoms with E-state index in [-0.39, 0.29) is 0 Å². The van der Waals surface area contributed by atoms with Gasteiger partial charge >= 0.3 is 0 Å². The number of hydrogen-bond donors (Lipinski definition) is 2. The Balaban J connectivity index is 1.79. The molecule has 4 heteroatoms. The van der Waals surface area contributed by atoms with Gasteiger partial charge in [-0.2, -0.15) is 0 Å². The van der Waals surface area contributed by atoms with E-state index in [1.165, 1.54) is 0 Å². The summed E-state index contributed by atoms with van der Waals surface area (Å²) in [5.41, 5.74) is 2.51. The van der Waals surface area contributed by atoms with Gasteiger partial charge in [0, 0.05) is 27.3 Å². The van der Waals surface area contributed by atoms with Crippen LogP contribution in [0.4, 0.5) is 4.39 Å². The van der Waals surface area contributed by atoms with Gasteiger partial charge in [0.2, 0.25) is 0 Å². The van der Waals surface area contributed by atoms with Gasteiger partial charge in [0.25, 0.3) is 0 Å². The van der Waals surface area contributed by atoms with Crippen LogP contribution < -0.4 is 5.32 Å². The maximum absolute atomic E-state index is 13.8. The van der Waals surface area contributed by atoms with E-state index in [1.807, 2.05) is 12.1 Å². The van der Waals surface area contributed by atoms with E-state index in [0.29, 0.717) is 31.0 Å². The van der Waals surface area contributed by atoms with Crippen LogP contribution in [-0.2, 0) is 6.54 Å². The normalized spacial score (nSPS) is 16.4. The molecule has 1 saturated carbocycles. The number of fused-ring (bicyclic) bond motifs is 1. The lowest BCUT2D eigenvalue weighted by Crippen LogP contribution is -2.21. The predicted octanol–water partition coefficient (Wildman–Crippen LogP) is 5.05. The van der Waals surface area contributed by atoms with E-state index in [1.54, 1.807) is 0 Å². The van der Waals surface area contributed by atoms with Crippen molar-refractivity contribution in [1.29, 1.82) is 0 Å². The molecule has 112 valence electrons. The van der Waals surface area contributed by atoms with Crippen LogP contribution in [0.15, 0.2) is 30.5 Å². The van der Waals surface area contributed by atoms with Crippen LogP contribution in [0, 0.1) is 0 Å². The second-order valence-corrected chi connectivity index (χ2v) is 6.61. The number of rotatable bonds is 5. The molecule has 1 heterocycles. The van der Waals surface area contributed by atoms with Crippen molar-refractivity contribution >= 4 is 22.5 Å². The molecule has 0 bridgehead atoms. The molecule has 3 rings (SSSR count). The van der Waals surface area contributed by atoms with Crippen molar-refractivity contribution in [3.63, 3.8) is 0 Å². The highest BCUT2D eigenvalue weighted by atomic mass is 35.5. The van der Waals surface area contributed by atoms with Gasteiger partial charge in [0.05, 0.1) is 6.54 Å². The summed E-state index contributed by atoms with van der Waals surface area (Å²) in [6.45, 7) is 8.58. The molecular formula is C17H20ClFN2. The fourth-order valence-corrected chi connectivity index (χ4v) is 2.93. The van der Waals surface area contributed by atoms with Crippen LogP contribution in [-0.4, -0.2) is 10.7 Å². The molecule has 0 amide bonds. The number of halogens is 2. The first-order valence-corrected chi connectivity index (χ1v) is 7.70. The SMILES string of the molecule is C=C(NCc1cc2cc(Cl)c(C(C)C)cc2[nH]1)C1(F)CC1. The van der Waals surface area contributed by atoms with E-state index in [4.69, 9.17) is 11.6 Å². The standard InChI is InChI=1S/C17H20ClFN2/c1-10(2)14-8-16-12(7-15(14)18)6-13(21-16)9-20-11(3)17(19)4-5-17/h6-8,10,20-21H,3-5,9H2,1-2H3. The third-order valence-corrected chi connectivity index (χ3v) is 4.47. The summed E-state index contributed by atoms with van der Waals surface area (Å²) in [4.78, 5) is 3.36. The number of alkyl halides is 1.